The zero-order chi connectivity index (χ0) is 16.9. The maximum absolute atomic E-state index is 12.8. The van der Waals surface area contributed by atoms with E-state index in [0.717, 1.165) is 24.2 Å². The molecule has 1 amide bonds. The topological polar surface area (TPSA) is 46.9 Å². The lowest BCUT2D eigenvalue weighted by molar-refractivity contribution is 0.102. The Morgan fingerprint density at radius 2 is 2.08 bits per heavy atom. The number of benzene rings is 1. The maximum atomic E-state index is 12.8. The van der Waals surface area contributed by atoms with Gasteiger partial charge in [-0.2, -0.15) is 5.10 Å². The molecule has 1 N–H and O–H groups in total. The first-order valence-electron chi connectivity index (χ1n) is 8.14. The summed E-state index contributed by atoms with van der Waals surface area (Å²) in [7, 11) is 0. The van der Waals surface area contributed by atoms with E-state index in [-0.39, 0.29) is 11.9 Å². The molecular formula is C19H21N3OS. The van der Waals surface area contributed by atoms with Crippen molar-refractivity contribution < 1.29 is 4.79 Å². The van der Waals surface area contributed by atoms with Gasteiger partial charge in [0.2, 0.25) is 0 Å². The monoisotopic (exact) mass is 339 g/mol. The maximum Gasteiger partial charge on any atom is 0.257 e. The second kappa shape index (κ2) is 7.45. The smallest absolute Gasteiger partial charge is 0.257 e. The molecular weight excluding hydrogens is 318 g/mol. The van der Waals surface area contributed by atoms with Gasteiger partial charge in [0.15, 0.2) is 0 Å². The highest BCUT2D eigenvalue weighted by Crippen LogP contribution is 2.21. The standard InChI is InChI=1S/C19H21N3OS/c1-3-14(2)22-18(10-11-20-22)21-19(23)17-9-5-4-7-15(17)13-16-8-6-12-24-16/h4-12,14H,3,13H2,1-2H3,(H,21,23). The molecule has 2 heterocycles. The number of nitrogens with one attached hydrogen (secondary N) is 1. The molecule has 3 rings (SSSR count). The van der Waals surface area contributed by atoms with Crippen molar-refractivity contribution in [2.45, 2.75) is 32.7 Å². The number of thiophene rings is 1. The third-order valence-electron chi connectivity index (χ3n) is 4.13. The van der Waals surface area contributed by atoms with E-state index < -0.39 is 0 Å². The van der Waals surface area contributed by atoms with E-state index in [1.165, 1.54) is 4.88 Å². The average molecular weight is 339 g/mol. The molecule has 3 aromatic rings. The summed E-state index contributed by atoms with van der Waals surface area (Å²) in [6, 6.07) is 14.0. The number of rotatable bonds is 6. The van der Waals surface area contributed by atoms with Crippen LogP contribution in [0.4, 0.5) is 5.82 Å². The average Bonchev–Trinajstić information content (AvgIpc) is 3.26. The van der Waals surface area contributed by atoms with Gasteiger partial charge >= 0.3 is 0 Å². The summed E-state index contributed by atoms with van der Waals surface area (Å²) in [5.41, 5.74) is 1.75. The van der Waals surface area contributed by atoms with Gasteiger partial charge in [-0.25, -0.2) is 4.68 Å². The molecule has 124 valence electrons. The lowest BCUT2D eigenvalue weighted by Gasteiger charge is -2.15. The van der Waals surface area contributed by atoms with Crippen LogP contribution in [0.15, 0.2) is 54.0 Å². The molecule has 0 fully saturated rings. The minimum Gasteiger partial charge on any atom is -0.307 e. The van der Waals surface area contributed by atoms with Crippen molar-refractivity contribution in [2.24, 2.45) is 0 Å². The molecule has 2 aromatic heterocycles. The van der Waals surface area contributed by atoms with E-state index >= 15 is 0 Å². The normalized spacial score (nSPS) is 12.1. The molecule has 0 radical (unpaired) electrons. The highest BCUT2D eigenvalue weighted by molar-refractivity contribution is 7.09. The molecule has 0 bridgehead atoms. The van der Waals surface area contributed by atoms with Crippen LogP contribution in [0.1, 0.15) is 47.1 Å². The van der Waals surface area contributed by atoms with Crippen molar-refractivity contribution >= 4 is 23.1 Å². The summed E-state index contributed by atoms with van der Waals surface area (Å²) in [5.74, 6) is 0.646. The second-order valence-electron chi connectivity index (χ2n) is 5.79. The van der Waals surface area contributed by atoms with Crippen LogP contribution in [0.5, 0.6) is 0 Å². The summed E-state index contributed by atoms with van der Waals surface area (Å²) >= 11 is 1.71. The van der Waals surface area contributed by atoms with Gasteiger partial charge < -0.3 is 5.32 Å². The predicted octanol–water partition coefficient (Wildman–Crippen LogP) is 4.76. The fourth-order valence-corrected chi connectivity index (χ4v) is 3.35. The van der Waals surface area contributed by atoms with Crippen LogP contribution in [0.2, 0.25) is 0 Å². The van der Waals surface area contributed by atoms with Gasteiger partial charge in [0, 0.05) is 22.9 Å². The predicted molar refractivity (Wildman–Crippen MR) is 98.7 cm³/mol. The molecule has 0 aliphatic carbocycles. The zero-order valence-corrected chi connectivity index (χ0v) is 14.7. The van der Waals surface area contributed by atoms with Crippen molar-refractivity contribution in [1.82, 2.24) is 9.78 Å². The summed E-state index contributed by atoms with van der Waals surface area (Å²) in [6.07, 6.45) is 3.45. The molecule has 1 atom stereocenters. The Bertz CT molecular complexity index is 808. The minimum absolute atomic E-state index is 0.0905. The highest BCUT2D eigenvalue weighted by Gasteiger charge is 2.15. The van der Waals surface area contributed by atoms with E-state index in [9.17, 15) is 4.79 Å². The first-order chi connectivity index (χ1) is 11.7. The molecule has 24 heavy (non-hydrogen) atoms. The summed E-state index contributed by atoms with van der Waals surface area (Å²) in [5, 5.41) is 9.39. The van der Waals surface area contributed by atoms with E-state index in [0.29, 0.717) is 5.56 Å². The number of carbonyl (C=O) groups is 1. The van der Waals surface area contributed by atoms with Crippen molar-refractivity contribution in [3.05, 3.63) is 70.0 Å². The van der Waals surface area contributed by atoms with Gasteiger partial charge in [-0.3, -0.25) is 4.79 Å². The van der Waals surface area contributed by atoms with Crippen molar-refractivity contribution in [2.75, 3.05) is 5.32 Å². The number of amides is 1. The molecule has 5 heteroatoms. The molecule has 0 saturated carbocycles. The lowest BCUT2D eigenvalue weighted by atomic mass is 10.0. The van der Waals surface area contributed by atoms with Crippen molar-refractivity contribution in [3.8, 4) is 0 Å². The van der Waals surface area contributed by atoms with Gasteiger partial charge in [0.1, 0.15) is 5.82 Å². The van der Waals surface area contributed by atoms with Crippen LogP contribution in [0, 0.1) is 0 Å². The number of hydrogen-bond acceptors (Lipinski definition) is 3. The van der Waals surface area contributed by atoms with Gasteiger partial charge in [-0.15, -0.1) is 11.3 Å². The van der Waals surface area contributed by atoms with Crippen LogP contribution in [-0.4, -0.2) is 15.7 Å². The zero-order valence-electron chi connectivity index (χ0n) is 13.9. The molecule has 0 spiro atoms. The summed E-state index contributed by atoms with van der Waals surface area (Å²) in [6.45, 7) is 4.20. The number of carbonyl (C=O) groups excluding carboxylic acids is 1. The van der Waals surface area contributed by atoms with E-state index in [1.54, 1.807) is 17.5 Å². The number of nitrogens with zero attached hydrogens (tertiary/aromatic N) is 2. The van der Waals surface area contributed by atoms with Crippen molar-refractivity contribution in [1.29, 1.82) is 0 Å². The molecule has 0 aliphatic heterocycles. The summed E-state index contributed by atoms with van der Waals surface area (Å²) in [4.78, 5) is 14.0. The Morgan fingerprint density at radius 1 is 1.25 bits per heavy atom. The van der Waals surface area contributed by atoms with E-state index in [1.807, 2.05) is 41.1 Å². The third-order valence-corrected chi connectivity index (χ3v) is 5.00. The molecule has 1 aromatic carbocycles. The molecule has 0 aliphatic rings. The van der Waals surface area contributed by atoms with E-state index in [2.05, 4.69) is 35.7 Å². The molecule has 1 unspecified atom stereocenters. The van der Waals surface area contributed by atoms with Crippen LogP contribution < -0.4 is 5.32 Å². The number of aromatic nitrogens is 2. The first kappa shape index (κ1) is 16.5. The molecule has 0 saturated heterocycles. The van der Waals surface area contributed by atoms with Gasteiger partial charge in [-0.1, -0.05) is 31.2 Å². The van der Waals surface area contributed by atoms with Gasteiger partial charge in [-0.05, 0) is 36.4 Å². The van der Waals surface area contributed by atoms with E-state index in [4.69, 9.17) is 0 Å². The Balaban J connectivity index is 1.82. The van der Waals surface area contributed by atoms with Crippen molar-refractivity contribution in [3.63, 3.8) is 0 Å². The fraction of sp³-hybridized carbons (Fsp3) is 0.263. The number of anilines is 1. The molecule has 4 nitrogen and oxygen atoms in total. The largest absolute Gasteiger partial charge is 0.307 e. The first-order valence-corrected chi connectivity index (χ1v) is 9.02. The minimum atomic E-state index is -0.0905. The fourth-order valence-electron chi connectivity index (χ4n) is 2.62. The van der Waals surface area contributed by atoms with Crippen LogP contribution in [0.3, 0.4) is 0 Å². The summed E-state index contributed by atoms with van der Waals surface area (Å²) < 4.78 is 1.86. The quantitative estimate of drug-likeness (QED) is 0.704. The van der Waals surface area contributed by atoms with Gasteiger partial charge in [0.25, 0.3) is 5.91 Å². The third kappa shape index (κ3) is 3.57. The highest BCUT2D eigenvalue weighted by atomic mass is 32.1. The van der Waals surface area contributed by atoms with Crippen LogP contribution in [0.25, 0.3) is 0 Å². The second-order valence-corrected chi connectivity index (χ2v) is 6.82. The Morgan fingerprint density at radius 3 is 2.83 bits per heavy atom. The number of hydrogen-bond donors (Lipinski definition) is 1. The Labute approximate surface area is 146 Å². The SMILES string of the molecule is CCC(C)n1nccc1NC(=O)c1ccccc1Cc1cccs1. The Kier molecular flexibility index (Phi) is 5.11. The lowest BCUT2D eigenvalue weighted by Crippen LogP contribution is -2.18. The Hall–Kier alpha value is -2.40. The van der Waals surface area contributed by atoms with Crippen LogP contribution in [-0.2, 0) is 6.42 Å². The van der Waals surface area contributed by atoms with Gasteiger partial charge in [0.05, 0.1) is 12.2 Å². The van der Waals surface area contributed by atoms with Crippen LogP contribution >= 0.6 is 11.3 Å².